The second-order valence-corrected chi connectivity index (χ2v) is 14.0. The number of anilines is 2. The van der Waals surface area contributed by atoms with E-state index in [1.54, 1.807) is 16.9 Å². The highest BCUT2D eigenvalue weighted by atomic mass is 33.1. The highest BCUT2D eigenvalue weighted by Crippen LogP contribution is 2.27. The molecule has 0 unspecified atom stereocenters. The molecule has 37 heavy (non-hydrogen) atoms. The van der Waals surface area contributed by atoms with Gasteiger partial charge in [-0.15, -0.1) is 16.8 Å². The largest absolute Gasteiger partial charge is 0.385 e. The molecule has 1 aliphatic rings. The lowest BCUT2D eigenvalue weighted by atomic mass is 10.1. The zero-order valence-corrected chi connectivity index (χ0v) is 22.6. The summed E-state index contributed by atoms with van der Waals surface area (Å²) in [5, 5.41) is 11.6. The monoisotopic (exact) mass is 536 g/mol. The van der Waals surface area contributed by atoms with Crippen molar-refractivity contribution in [2.75, 3.05) is 43.0 Å². The number of hydrogen-bond acceptors (Lipinski definition) is 8. The van der Waals surface area contributed by atoms with Gasteiger partial charge in [-0.05, 0) is 50.2 Å². The van der Waals surface area contributed by atoms with Crippen LogP contribution in [0.4, 0.5) is 11.5 Å². The Morgan fingerprint density at radius 3 is 2.81 bits per heavy atom. The molecule has 0 saturated carbocycles. The van der Waals surface area contributed by atoms with Crippen LogP contribution >= 0.6 is 11.7 Å². The van der Waals surface area contributed by atoms with Gasteiger partial charge in [0.2, 0.25) is 5.82 Å². The number of hydrogen-bond donors (Lipinski definition) is 4. The smallest absolute Gasteiger partial charge is 0.200 e. The third-order valence-electron chi connectivity index (χ3n) is 6.43. The zero-order chi connectivity index (χ0) is 25.8. The minimum atomic E-state index is -2.19. The number of fused-ring (bicyclic) bond motifs is 1. The predicted octanol–water partition coefficient (Wildman–Crippen LogP) is 3.37. The Labute approximate surface area is 222 Å². The summed E-state index contributed by atoms with van der Waals surface area (Å²) in [6.07, 6.45) is 6.40. The summed E-state index contributed by atoms with van der Waals surface area (Å²) in [7, 11) is -2.19. The van der Waals surface area contributed by atoms with Crippen LogP contribution in [0.15, 0.2) is 61.6 Å². The predicted molar refractivity (Wildman–Crippen MR) is 155 cm³/mol. The van der Waals surface area contributed by atoms with Crippen molar-refractivity contribution in [3.8, 4) is 11.5 Å². The molecule has 0 atom stereocenters. The first-order valence-corrected chi connectivity index (χ1v) is 15.6. The molecule has 2 N–H and O–H groups in total. The number of nitrogens with one attached hydrogen (secondary N) is 2. The van der Waals surface area contributed by atoms with Crippen LogP contribution in [0.3, 0.4) is 0 Å². The number of aryl methyl sites for hydroxylation is 1. The minimum Gasteiger partial charge on any atom is -0.385 e. The Bertz CT molecular complexity index is 1460. The highest BCUT2D eigenvalue weighted by molar-refractivity contribution is 8.69. The molecule has 0 bridgehead atoms. The fraction of sp³-hybridized carbons (Fsp3) is 0.308. The van der Waals surface area contributed by atoms with Crippen molar-refractivity contribution in [2.24, 2.45) is 0 Å². The normalized spacial score (nSPS) is 16.4. The molecule has 11 heteroatoms. The van der Waals surface area contributed by atoms with E-state index in [1.807, 2.05) is 49.5 Å². The summed E-state index contributed by atoms with van der Waals surface area (Å²) in [4.78, 5) is 16.1. The van der Waals surface area contributed by atoms with Crippen LogP contribution in [0.1, 0.15) is 17.7 Å². The van der Waals surface area contributed by atoms with Crippen LogP contribution in [-0.2, 0) is 8.96 Å². The summed E-state index contributed by atoms with van der Waals surface area (Å²) in [6.45, 7) is 9.65. The second-order valence-electron chi connectivity index (χ2n) is 9.23. The lowest BCUT2D eigenvalue weighted by molar-refractivity contribution is 0.295. The Kier molecular flexibility index (Phi) is 7.54. The van der Waals surface area contributed by atoms with Crippen LogP contribution in [0.5, 0.6) is 0 Å². The zero-order valence-electron chi connectivity index (χ0n) is 20.8. The molecule has 4 aromatic heterocycles. The molecule has 5 rings (SSSR count). The molecule has 5 heterocycles. The van der Waals surface area contributed by atoms with E-state index in [2.05, 4.69) is 48.8 Å². The molecule has 0 aliphatic carbocycles. The Morgan fingerprint density at radius 1 is 1.16 bits per heavy atom. The van der Waals surface area contributed by atoms with Crippen molar-refractivity contribution < 1.29 is 4.21 Å². The van der Waals surface area contributed by atoms with E-state index in [9.17, 15) is 4.21 Å². The number of nitrogens with zero attached hydrogens (tertiary/aromatic N) is 6. The highest BCUT2D eigenvalue weighted by Gasteiger charge is 2.20. The van der Waals surface area contributed by atoms with Gasteiger partial charge in [0.05, 0.1) is 5.69 Å². The summed E-state index contributed by atoms with van der Waals surface area (Å²) in [5.74, 6) is 2.60. The maximum absolute atomic E-state index is 12.1. The number of aromatic nitrogens is 5. The van der Waals surface area contributed by atoms with Gasteiger partial charge in [0.25, 0.3) is 0 Å². The molecule has 194 valence electrons. The van der Waals surface area contributed by atoms with Crippen LogP contribution in [-0.4, -0.2) is 71.4 Å². The SMILES string of the molecule is C=C(NCCCN1CC[SH](=O)(S)CC1)c1cnccc1Nc1nc(-c2cccc(C)n2)nn2cccc12. The number of rotatable bonds is 9. The van der Waals surface area contributed by atoms with E-state index in [-0.39, 0.29) is 0 Å². The summed E-state index contributed by atoms with van der Waals surface area (Å²) in [6, 6.07) is 11.6. The standard InChI is InChI=1S/C26H32N8OS2/c1-19-6-3-7-23(29-19)25-31-26(24-8-4-13-34(24)32-25)30-22-9-11-27-18-21(22)20(2)28-10-5-12-33-14-16-37(35,36)17-15-33/h3-4,6-9,11,13,18,28,37H,2,5,10,12,14-17H2,1H3,(H,35,36)(H,27,30,31,32). The van der Waals surface area contributed by atoms with E-state index in [0.717, 1.165) is 60.8 Å². The first-order chi connectivity index (χ1) is 17.9. The van der Waals surface area contributed by atoms with E-state index in [4.69, 9.17) is 4.98 Å². The fourth-order valence-electron chi connectivity index (χ4n) is 4.35. The van der Waals surface area contributed by atoms with Crippen molar-refractivity contribution in [1.82, 2.24) is 34.8 Å². The average Bonchev–Trinajstić information content (AvgIpc) is 3.37. The van der Waals surface area contributed by atoms with Crippen molar-refractivity contribution in [1.29, 1.82) is 0 Å². The number of thiol groups is 2. The van der Waals surface area contributed by atoms with Crippen LogP contribution in [0.2, 0.25) is 0 Å². The third-order valence-corrected chi connectivity index (χ3v) is 9.43. The molecular weight excluding hydrogens is 504 g/mol. The average molecular weight is 537 g/mol. The van der Waals surface area contributed by atoms with Gasteiger partial charge in [-0.3, -0.25) is 9.19 Å². The summed E-state index contributed by atoms with van der Waals surface area (Å²) < 4.78 is 13.9. The molecule has 0 amide bonds. The lowest BCUT2D eigenvalue weighted by Crippen LogP contribution is -2.42. The van der Waals surface area contributed by atoms with Gasteiger partial charge < -0.3 is 15.5 Å². The molecule has 0 spiro atoms. The Balaban J connectivity index is 1.28. The van der Waals surface area contributed by atoms with Crippen LogP contribution < -0.4 is 10.6 Å². The van der Waals surface area contributed by atoms with Gasteiger partial charge in [-0.25, -0.2) is 14.5 Å². The van der Waals surface area contributed by atoms with E-state index in [1.165, 1.54) is 0 Å². The Morgan fingerprint density at radius 2 is 2.00 bits per heavy atom. The molecule has 0 aromatic carbocycles. The van der Waals surface area contributed by atoms with Gasteiger partial charge >= 0.3 is 0 Å². The van der Waals surface area contributed by atoms with Crippen molar-refractivity contribution in [2.45, 2.75) is 13.3 Å². The second kappa shape index (κ2) is 11.0. The molecular formula is C26H32N8OS2. The quantitative estimate of drug-likeness (QED) is 0.147. The fourth-order valence-corrected chi connectivity index (χ4v) is 6.30. The maximum Gasteiger partial charge on any atom is 0.200 e. The Hall–Kier alpha value is -3.28. The third kappa shape index (κ3) is 6.17. The van der Waals surface area contributed by atoms with Crippen molar-refractivity contribution in [3.05, 3.63) is 72.8 Å². The number of pyridine rings is 2. The molecule has 1 aliphatic heterocycles. The maximum atomic E-state index is 12.1. The molecule has 1 fully saturated rings. The van der Waals surface area contributed by atoms with Crippen LogP contribution in [0.25, 0.3) is 22.7 Å². The molecule has 1 saturated heterocycles. The van der Waals surface area contributed by atoms with E-state index < -0.39 is 8.96 Å². The van der Waals surface area contributed by atoms with E-state index >= 15 is 0 Å². The molecule has 4 aromatic rings. The van der Waals surface area contributed by atoms with E-state index in [0.29, 0.717) is 28.8 Å². The van der Waals surface area contributed by atoms with Crippen molar-refractivity contribution >= 4 is 43.3 Å². The molecule has 9 nitrogen and oxygen atoms in total. The van der Waals surface area contributed by atoms with Gasteiger partial charge in [0, 0.05) is 66.7 Å². The molecule has 0 radical (unpaired) electrons. The topological polar surface area (TPSA) is 100 Å². The lowest BCUT2D eigenvalue weighted by Gasteiger charge is -2.32. The minimum absolute atomic E-state index is 0.537. The van der Waals surface area contributed by atoms with Gasteiger partial charge in [0.1, 0.15) is 11.2 Å². The van der Waals surface area contributed by atoms with Gasteiger partial charge in [-0.1, -0.05) is 21.6 Å². The van der Waals surface area contributed by atoms with Gasteiger partial charge in [0.15, 0.2) is 5.82 Å². The van der Waals surface area contributed by atoms with Crippen molar-refractivity contribution in [3.63, 3.8) is 0 Å². The van der Waals surface area contributed by atoms with Gasteiger partial charge in [-0.2, -0.15) is 0 Å². The van der Waals surface area contributed by atoms with Crippen LogP contribution in [0, 0.1) is 6.92 Å². The summed E-state index contributed by atoms with van der Waals surface area (Å²) >= 11 is 4.31. The summed E-state index contributed by atoms with van der Waals surface area (Å²) in [5.41, 5.74) is 4.97. The first-order valence-electron chi connectivity index (χ1n) is 12.3. The first kappa shape index (κ1) is 25.4.